The molecule has 104 valence electrons. The van der Waals surface area contributed by atoms with Gasteiger partial charge < -0.3 is 4.74 Å². The molecule has 19 heavy (non-hydrogen) atoms. The van der Waals surface area contributed by atoms with E-state index in [4.69, 9.17) is 4.74 Å². The van der Waals surface area contributed by atoms with Gasteiger partial charge in [0.2, 0.25) is 0 Å². The van der Waals surface area contributed by atoms with E-state index in [-0.39, 0.29) is 6.09 Å². The van der Waals surface area contributed by atoms with Gasteiger partial charge in [0.05, 0.1) is 5.52 Å². The van der Waals surface area contributed by atoms with Gasteiger partial charge in [-0.2, -0.15) is 0 Å². The first-order valence-corrected chi connectivity index (χ1v) is 6.68. The van der Waals surface area contributed by atoms with Crippen molar-refractivity contribution in [1.82, 2.24) is 4.57 Å². The van der Waals surface area contributed by atoms with Crippen LogP contribution in [0.1, 0.15) is 40.2 Å². The van der Waals surface area contributed by atoms with Crippen molar-refractivity contribution in [2.75, 3.05) is 0 Å². The van der Waals surface area contributed by atoms with Gasteiger partial charge in [-0.1, -0.05) is 32.0 Å². The fourth-order valence-electron chi connectivity index (χ4n) is 1.81. The number of aromatic nitrogens is 1. The summed E-state index contributed by atoms with van der Waals surface area (Å²) in [5.41, 5.74) is 1.49. The molecule has 0 spiro atoms. The van der Waals surface area contributed by atoms with Crippen LogP contribution in [0.2, 0.25) is 0 Å². The van der Waals surface area contributed by atoms with Crippen LogP contribution >= 0.6 is 0 Å². The fraction of sp³-hybridized carbons (Fsp3) is 0.438. The maximum atomic E-state index is 12.0. The lowest BCUT2D eigenvalue weighted by molar-refractivity contribution is 0.0544. The smallest absolute Gasteiger partial charge is 0.418 e. The number of hydrogen-bond acceptors (Lipinski definition) is 2. The maximum Gasteiger partial charge on any atom is 0.418 e. The average molecular weight is 261 g/mol. The number of nitrogens with zero attached hydrogens (tertiary/aromatic N) is 1. The van der Waals surface area contributed by atoms with Crippen LogP contribution in [0.15, 0.2) is 30.5 Å². The summed E-state index contributed by atoms with van der Waals surface area (Å²) in [6.45, 7) is 11.6. The molecular formula is C16H23NO2. The monoisotopic (exact) mass is 261 g/mol. The van der Waals surface area contributed by atoms with Crippen LogP contribution in [0.4, 0.5) is 4.79 Å². The molecule has 0 radical (unpaired) electrons. The zero-order valence-electron chi connectivity index (χ0n) is 12.7. The summed E-state index contributed by atoms with van der Waals surface area (Å²) in [6.07, 6.45) is 1.49. The zero-order valence-corrected chi connectivity index (χ0v) is 12.7. The minimum absolute atomic E-state index is 0.332. The molecule has 0 fully saturated rings. The lowest BCUT2D eigenvalue weighted by atomic mass is 10.2. The number of ether oxygens (including phenoxy) is 1. The minimum Gasteiger partial charge on any atom is -0.443 e. The molecule has 2 rings (SSSR count). The number of aryl methyl sites for hydroxylation is 1. The number of rotatable bonds is 0. The van der Waals surface area contributed by atoms with Crippen molar-refractivity contribution in [2.24, 2.45) is 0 Å². The Hall–Kier alpha value is -1.77. The van der Waals surface area contributed by atoms with Crippen LogP contribution < -0.4 is 0 Å². The van der Waals surface area contributed by atoms with E-state index in [1.807, 2.05) is 72.0 Å². The topological polar surface area (TPSA) is 31.2 Å². The summed E-state index contributed by atoms with van der Waals surface area (Å²) in [6, 6.07) is 7.81. The lowest BCUT2D eigenvalue weighted by Crippen LogP contribution is -2.26. The second-order valence-corrected chi connectivity index (χ2v) is 5.18. The van der Waals surface area contributed by atoms with Crippen LogP contribution in [0.5, 0.6) is 0 Å². The normalized spacial score (nSPS) is 10.8. The predicted molar refractivity (Wildman–Crippen MR) is 79.7 cm³/mol. The molecule has 2 aromatic rings. The molecular weight excluding hydrogens is 238 g/mol. The molecule has 1 heterocycles. The van der Waals surface area contributed by atoms with Gasteiger partial charge in [0.1, 0.15) is 5.60 Å². The first-order valence-electron chi connectivity index (χ1n) is 6.68. The van der Waals surface area contributed by atoms with E-state index in [1.165, 1.54) is 0 Å². The summed E-state index contributed by atoms with van der Waals surface area (Å²) in [5.74, 6) is 0. The Morgan fingerprint density at radius 1 is 1.16 bits per heavy atom. The highest BCUT2D eigenvalue weighted by atomic mass is 16.6. The highest BCUT2D eigenvalue weighted by Gasteiger charge is 2.19. The summed E-state index contributed by atoms with van der Waals surface area (Å²) in [5, 5.41) is 1.08. The molecule has 1 aromatic heterocycles. The van der Waals surface area contributed by atoms with E-state index in [2.05, 4.69) is 0 Å². The van der Waals surface area contributed by atoms with Crippen molar-refractivity contribution >= 4 is 17.0 Å². The van der Waals surface area contributed by atoms with Gasteiger partial charge in [-0.3, -0.25) is 4.57 Å². The Kier molecular flexibility index (Phi) is 4.76. The van der Waals surface area contributed by atoms with Crippen LogP contribution in [0.25, 0.3) is 10.9 Å². The van der Waals surface area contributed by atoms with Crippen molar-refractivity contribution < 1.29 is 9.53 Å². The van der Waals surface area contributed by atoms with Gasteiger partial charge in [0.25, 0.3) is 0 Å². The van der Waals surface area contributed by atoms with Crippen LogP contribution in [0, 0.1) is 6.92 Å². The fourth-order valence-corrected chi connectivity index (χ4v) is 1.81. The SMILES string of the molecule is CC.Cc1cn(C(=O)OC(C)(C)C)c2ccccc12. The minimum atomic E-state index is -0.476. The molecule has 0 atom stereocenters. The Bertz CT molecular complexity index is 562. The molecule has 3 nitrogen and oxygen atoms in total. The van der Waals surface area contributed by atoms with Gasteiger partial charge in [-0.15, -0.1) is 0 Å². The molecule has 0 aliphatic carbocycles. The average Bonchev–Trinajstić information content (AvgIpc) is 2.68. The summed E-state index contributed by atoms with van der Waals surface area (Å²) in [4.78, 5) is 12.0. The molecule has 0 bridgehead atoms. The maximum absolute atomic E-state index is 12.0. The highest BCUT2D eigenvalue weighted by molar-refractivity contribution is 5.91. The predicted octanol–water partition coefficient (Wildman–Crippen LogP) is 4.76. The van der Waals surface area contributed by atoms with Crippen molar-refractivity contribution in [3.05, 3.63) is 36.0 Å². The van der Waals surface area contributed by atoms with Crippen molar-refractivity contribution in [1.29, 1.82) is 0 Å². The van der Waals surface area contributed by atoms with Gasteiger partial charge in [-0.05, 0) is 39.3 Å². The molecule has 0 N–H and O–H groups in total. The molecule has 0 amide bonds. The first-order chi connectivity index (χ1) is 8.88. The Morgan fingerprint density at radius 3 is 2.32 bits per heavy atom. The number of fused-ring (bicyclic) bond motifs is 1. The third-order valence-electron chi connectivity index (χ3n) is 2.50. The second kappa shape index (κ2) is 5.91. The molecule has 0 saturated carbocycles. The van der Waals surface area contributed by atoms with E-state index in [0.29, 0.717) is 0 Å². The standard InChI is InChI=1S/C14H17NO2.C2H6/c1-10-9-15(13(16)17-14(2,3)4)12-8-6-5-7-11(10)12;1-2/h5-9H,1-4H3;1-2H3. The van der Waals surface area contributed by atoms with Crippen molar-refractivity contribution in [3.63, 3.8) is 0 Å². The van der Waals surface area contributed by atoms with Crippen LogP contribution in [-0.4, -0.2) is 16.3 Å². The molecule has 3 heteroatoms. The zero-order chi connectivity index (χ0) is 14.6. The van der Waals surface area contributed by atoms with Crippen molar-refractivity contribution in [3.8, 4) is 0 Å². The lowest BCUT2D eigenvalue weighted by Gasteiger charge is -2.19. The molecule has 1 aromatic carbocycles. The van der Waals surface area contributed by atoms with Gasteiger partial charge in [-0.25, -0.2) is 4.79 Å². The third-order valence-corrected chi connectivity index (χ3v) is 2.50. The quantitative estimate of drug-likeness (QED) is 0.684. The highest BCUT2D eigenvalue weighted by Crippen LogP contribution is 2.21. The van der Waals surface area contributed by atoms with E-state index in [0.717, 1.165) is 16.5 Å². The first kappa shape index (κ1) is 15.3. The number of para-hydroxylation sites is 1. The molecule has 0 aliphatic rings. The number of hydrogen-bond donors (Lipinski definition) is 0. The van der Waals surface area contributed by atoms with E-state index in [9.17, 15) is 4.79 Å². The second-order valence-electron chi connectivity index (χ2n) is 5.18. The summed E-state index contributed by atoms with van der Waals surface area (Å²) in [7, 11) is 0. The van der Waals surface area contributed by atoms with E-state index < -0.39 is 5.60 Å². The largest absolute Gasteiger partial charge is 0.443 e. The Morgan fingerprint density at radius 2 is 1.74 bits per heavy atom. The van der Waals surface area contributed by atoms with Gasteiger partial charge in [0, 0.05) is 11.6 Å². The van der Waals surface area contributed by atoms with Gasteiger partial charge in [0.15, 0.2) is 0 Å². The summed E-state index contributed by atoms with van der Waals surface area (Å²) < 4.78 is 6.93. The Labute approximate surface area is 115 Å². The summed E-state index contributed by atoms with van der Waals surface area (Å²) >= 11 is 0. The van der Waals surface area contributed by atoms with Crippen LogP contribution in [-0.2, 0) is 4.74 Å². The van der Waals surface area contributed by atoms with Crippen molar-refractivity contribution in [2.45, 2.75) is 47.1 Å². The number of benzene rings is 1. The molecule has 0 unspecified atom stereocenters. The van der Waals surface area contributed by atoms with Gasteiger partial charge >= 0.3 is 6.09 Å². The van der Waals surface area contributed by atoms with Crippen LogP contribution in [0.3, 0.4) is 0 Å². The molecule has 0 saturated heterocycles. The number of carbonyl (C=O) groups is 1. The number of carbonyl (C=O) groups excluding carboxylic acids is 1. The third kappa shape index (κ3) is 3.60. The van der Waals surface area contributed by atoms with E-state index in [1.54, 1.807) is 4.57 Å². The van der Waals surface area contributed by atoms with E-state index >= 15 is 0 Å². The Balaban J connectivity index is 0.000000861. The molecule has 0 aliphatic heterocycles.